The van der Waals surface area contributed by atoms with E-state index >= 15 is 0 Å². The zero-order valence-electron chi connectivity index (χ0n) is 9.99. The van der Waals surface area contributed by atoms with Gasteiger partial charge in [-0.15, -0.1) is 0 Å². The molecule has 1 amide bonds. The molecule has 0 atom stereocenters. The Hall–Kier alpha value is -2.29. The Kier molecular flexibility index (Phi) is 3.97. The average molecular weight is 241 g/mol. The predicted octanol–water partition coefficient (Wildman–Crippen LogP) is 3.37. The SMILES string of the molecule is O=C(O)N(Cc1ccccc1)Cc1ccccc1. The Bertz CT molecular complexity index is 455. The molecule has 2 aromatic carbocycles. The van der Waals surface area contributed by atoms with E-state index in [1.54, 1.807) is 0 Å². The number of amides is 1. The first-order valence-electron chi connectivity index (χ1n) is 5.81. The Morgan fingerprint density at radius 2 is 1.22 bits per heavy atom. The van der Waals surface area contributed by atoms with Gasteiger partial charge in [0.15, 0.2) is 0 Å². The molecule has 2 rings (SSSR count). The van der Waals surface area contributed by atoms with Crippen molar-refractivity contribution in [3.05, 3.63) is 71.8 Å². The molecular weight excluding hydrogens is 226 g/mol. The van der Waals surface area contributed by atoms with E-state index in [4.69, 9.17) is 0 Å². The van der Waals surface area contributed by atoms with Crippen LogP contribution in [0.4, 0.5) is 4.79 Å². The molecule has 0 bridgehead atoms. The molecule has 3 nitrogen and oxygen atoms in total. The number of carbonyl (C=O) groups is 1. The van der Waals surface area contributed by atoms with Crippen molar-refractivity contribution in [1.29, 1.82) is 0 Å². The summed E-state index contributed by atoms with van der Waals surface area (Å²) in [5, 5.41) is 9.22. The van der Waals surface area contributed by atoms with Crippen molar-refractivity contribution in [3.63, 3.8) is 0 Å². The first kappa shape index (κ1) is 12.2. The van der Waals surface area contributed by atoms with Crippen molar-refractivity contribution >= 4 is 6.09 Å². The lowest BCUT2D eigenvalue weighted by atomic mass is 10.2. The van der Waals surface area contributed by atoms with E-state index < -0.39 is 6.09 Å². The van der Waals surface area contributed by atoms with Crippen molar-refractivity contribution in [2.24, 2.45) is 0 Å². The molecule has 0 spiro atoms. The molecule has 92 valence electrons. The van der Waals surface area contributed by atoms with E-state index in [0.717, 1.165) is 11.1 Å². The van der Waals surface area contributed by atoms with Gasteiger partial charge >= 0.3 is 6.09 Å². The van der Waals surface area contributed by atoms with Crippen LogP contribution in [0.15, 0.2) is 60.7 Å². The molecule has 18 heavy (non-hydrogen) atoms. The van der Waals surface area contributed by atoms with Crippen LogP contribution in [0.25, 0.3) is 0 Å². The van der Waals surface area contributed by atoms with Crippen LogP contribution in [-0.4, -0.2) is 16.1 Å². The molecule has 1 N–H and O–H groups in total. The molecule has 0 saturated carbocycles. The van der Waals surface area contributed by atoms with Crippen molar-refractivity contribution < 1.29 is 9.90 Å². The first-order valence-corrected chi connectivity index (χ1v) is 5.81. The second kappa shape index (κ2) is 5.87. The summed E-state index contributed by atoms with van der Waals surface area (Å²) >= 11 is 0. The lowest BCUT2D eigenvalue weighted by Crippen LogP contribution is -2.28. The van der Waals surface area contributed by atoms with Crippen LogP contribution >= 0.6 is 0 Å². The largest absolute Gasteiger partial charge is 0.465 e. The highest BCUT2D eigenvalue weighted by Crippen LogP contribution is 2.09. The predicted molar refractivity (Wildman–Crippen MR) is 70.2 cm³/mol. The minimum absolute atomic E-state index is 0.408. The average Bonchev–Trinajstić information content (AvgIpc) is 2.40. The van der Waals surface area contributed by atoms with Crippen molar-refractivity contribution in [1.82, 2.24) is 4.90 Å². The van der Waals surface area contributed by atoms with Crippen LogP contribution in [-0.2, 0) is 13.1 Å². The quantitative estimate of drug-likeness (QED) is 0.891. The normalized spacial score (nSPS) is 10.0. The van der Waals surface area contributed by atoms with E-state index in [-0.39, 0.29) is 0 Å². The topological polar surface area (TPSA) is 40.5 Å². The van der Waals surface area contributed by atoms with E-state index in [2.05, 4.69) is 0 Å². The number of hydrogen-bond donors (Lipinski definition) is 1. The minimum Gasteiger partial charge on any atom is -0.465 e. The Morgan fingerprint density at radius 1 is 0.833 bits per heavy atom. The summed E-state index contributed by atoms with van der Waals surface area (Å²) in [4.78, 5) is 12.6. The highest BCUT2D eigenvalue weighted by molar-refractivity contribution is 5.65. The number of benzene rings is 2. The van der Waals surface area contributed by atoms with Crippen LogP contribution < -0.4 is 0 Å². The highest BCUT2D eigenvalue weighted by atomic mass is 16.4. The maximum atomic E-state index is 11.2. The Labute approximate surface area is 106 Å². The van der Waals surface area contributed by atoms with Crippen molar-refractivity contribution in [3.8, 4) is 0 Å². The second-order valence-corrected chi connectivity index (χ2v) is 4.11. The van der Waals surface area contributed by atoms with E-state index in [9.17, 15) is 9.90 Å². The third kappa shape index (κ3) is 3.35. The molecule has 2 aromatic rings. The lowest BCUT2D eigenvalue weighted by Gasteiger charge is -2.19. The number of nitrogens with zero attached hydrogens (tertiary/aromatic N) is 1. The molecular formula is C15H15NO2. The number of carboxylic acid groups (broad SMARTS) is 1. The van der Waals surface area contributed by atoms with Crippen LogP contribution in [0.3, 0.4) is 0 Å². The standard InChI is InChI=1S/C15H15NO2/c17-15(18)16(11-13-7-3-1-4-8-13)12-14-9-5-2-6-10-14/h1-10H,11-12H2,(H,17,18). The first-order chi connectivity index (χ1) is 8.75. The molecule has 0 saturated heterocycles. The van der Waals surface area contributed by atoms with Gasteiger partial charge in [-0.3, -0.25) is 4.90 Å². The minimum atomic E-state index is -0.900. The van der Waals surface area contributed by atoms with E-state index in [1.807, 2.05) is 60.7 Å². The summed E-state index contributed by atoms with van der Waals surface area (Å²) in [6.45, 7) is 0.816. The molecule has 0 radical (unpaired) electrons. The molecule has 0 aliphatic heterocycles. The monoisotopic (exact) mass is 241 g/mol. The fourth-order valence-corrected chi connectivity index (χ4v) is 1.80. The van der Waals surface area contributed by atoms with Gasteiger partial charge in [0.25, 0.3) is 0 Å². The molecule has 0 aliphatic rings. The van der Waals surface area contributed by atoms with Crippen LogP contribution in [0.5, 0.6) is 0 Å². The van der Waals surface area contributed by atoms with Crippen molar-refractivity contribution in [2.45, 2.75) is 13.1 Å². The highest BCUT2D eigenvalue weighted by Gasteiger charge is 2.12. The Morgan fingerprint density at radius 3 is 1.56 bits per heavy atom. The fraction of sp³-hybridized carbons (Fsp3) is 0.133. The maximum absolute atomic E-state index is 11.2. The summed E-state index contributed by atoms with van der Waals surface area (Å²) in [5.74, 6) is 0. The van der Waals surface area contributed by atoms with Gasteiger partial charge < -0.3 is 5.11 Å². The Balaban J connectivity index is 2.08. The fourth-order valence-electron chi connectivity index (χ4n) is 1.80. The second-order valence-electron chi connectivity index (χ2n) is 4.11. The van der Waals surface area contributed by atoms with Gasteiger partial charge in [0, 0.05) is 13.1 Å². The van der Waals surface area contributed by atoms with Gasteiger partial charge in [-0.1, -0.05) is 60.7 Å². The van der Waals surface area contributed by atoms with E-state index in [0.29, 0.717) is 13.1 Å². The molecule has 0 aromatic heterocycles. The zero-order valence-corrected chi connectivity index (χ0v) is 9.99. The third-order valence-corrected chi connectivity index (χ3v) is 2.70. The summed E-state index contributed by atoms with van der Waals surface area (Å²) < 4.78 is 0. The summed E-state index contributed by atoms with van der Waals surface area (Å²) in [5.41, 5.74) is 1.99. The van der Waals surface area contributed by atoms with Crippen LogP contribution in [0, 0.1) is 0 Å². The van der Waals surface area contributed by atoms with Gasteiger partial charge in [0.05, 0.1) is 0 Å². The molecule has 0 aliphatic carbocycles. The van der Waals surface area contributed by atoms with Gasteiger partial charge in [0.2, 0.25) is 0 Å². The number of hydrogen-bond acceptors (Lipinski definition) is 1. The molecule has 0 fully saturated rings. The summed E-state index contributed by atoms with van der Waals surface area (Å²) in [6.07, 6.45) is -0.900. The molecule has 0 heterocycles. The third-order valence-electron chi connectivity index (χ3n) is 2.70. The van der Waals surface area contributed by atoms with Gasteiger partial charge in [-0.05, 0) is 11.1 Å². The number of rotatable bonds is 4. The van der Waals surface area contributed by atoms with Crippen LogP contribution in [0.2, 0.25) is 0 Å². The smallest absolute Gasteiger partial charge is 0.407 e. The summed E-state index contributed by atoms with van der Waals surface area (Å²) in [7, 11) is 0. The van der Waals surface area contributed by atoms with Gasteiger partial charge in [-0.2, -0.15) is 0 Å². The van der Waals surface area contributed by atoms with Gasteiger partial charge in [-0.25, -0.2) is 4.79 Å². The van der Waals surface area contributed by atoms with Crippen molar-refractivity contribution in [2.75, 3.05) is 0 Å². The van der Waals surface area contributed by atoms with Gasteiger partial charge in [0.1, 0.15) is 0 Å². The zero-order chi connectivity index (χ0) is 12.8. The molecule has 0 unspecified atom stereocenters. The van der Waals surface area contributed by atoms with E-state index in [1.165, 1.54) is 4.90 Å². The molecule has 3 heteroatoms. The summed E-state index contributed by atoms with van der Waals surface area (Å²) in [6, 6.07) is 19.2. The lowest BCUT2D eigenvalue weighted by molar-refractivity contribution is 0.139. The maximum Gasteiger partial charge on any atom is 0.407 e. The van der Waals surface area contributed by atoms with Crippen LogP contribution in [0.1, 0.15) is 11.1 Å².